The van der Waals surface area contributed by atoms with Gasteiger partial charge >= 0.3 is 0 Å². The summed E-state index contributed by atoms with van der Waals surface area (Å²) < 4.78 is 2.32. The smallest absolute Gasteiger partial charge is 0.148 e. The number of fused-ring (bicyclic) bond motifs is 2. The van der Waals surface area contributed by atoms with Crippen LogP contribution < -0.4 is 0 Å². The van der Waals surface area contributed by atoms with Gasteiger partial charge in [-0.1, -0.05) is 186 Å². The van der Waals surface area contributed by atoms with Crippen LogP contribution in [0.25, 0.3) is 72.7 Å². The first-order chi connectivity index (χ1) is 31.5. The van der Waals surface area contributed by atoms with E-state index in [1.165, 1.54) is 35.1 Å². The van der Waals surface area contributed by atoms with E-state index in [2.05, 4.69) is 222 Å². The standard InChI is InChI=1S/C63H68N3O.Pt/c1-59(2,3)45-27-29-54(48(37-45)43-26-28-50-51(35-43)63(12,13)32-19-31-62(50,10)11)66-55-25-18-24-47(42-22-17-23-44(34-42)53-36-41(30-33-64-53)40-20-15-14-16-21-40)56(55)65-58(66)49-38-46(60(4,5)6)39-52(57(49)67)61(7,8)9;/h14-18,20-30,33,35-39,67H,19,31-32H2,1-13H3;/q-1;. The zero-order chi connectivity index (χ0) is 47.8. The number of aromatic hydroxyl groups is 1. The van der Waals surface area contributed by atoms with E-state index in [-0.39, 0.29) is 53.9 Å². The zero-order valence-corrected chi connectivity index (χ0v) is 44.7. The molecule has 68 heavy (non-hydrogen) atoms. The Kier molecular flexibility index (Phi) is 12.8. The average molecular weight is 1080 g/mol. The van der Waals surface area contributed by atoms with Crippen LogP contribution in [-0.2, 0) is 48.1 Å². The van der Waals surface area contributed by atoms with E-state index in [1.807, 2.05) is 12.3 Å². The second kappa shape index (κ2) is 17.7. The summed E-state index contributed by atoms with van der Waals surface area (Å²) in [5, 5.41) is 12.7. The van der Waals surface area contributed by atoms with Gasteiger partial charge in [0.1, 0.15) is 11.6 Å². The molecule has 6 aromatic carbocycles. The van der Waals surface area contributed by atoms with Crippen LogP contribution in [0.1, 0.15) is 137 Å². The molecule has 0 saturated heterocycles. The number of aromatic nitrogens is 3. The first-order valence-corrected chi connectivity index (χ1v) is 24.3. The number of benzene rings is 6. The summed E-state index contributed by atoms with van der Waals surface area (Å²) in [6, 6.07) is 49.8. The normalized spacial score (nSPS) is 14.8. The van der Waals surface area contributed by atoms with E-state index in [0.29, 0.717) is 5.82 Å². The van der Waals surface area contributed by atoms with Gasteiger partial charge in [0.15, 0.2) is 0 Å². The van der Waals surface area contributed by atoms with Crippen molar-refractivity contribution in [2.45, 2.75) is 136 Å². The quantitative estimate of drug-likeness (QED) is 0.133. The molecule has 0 spiro atoms. The fourth-order valence-corrected chi connectivity index (χ4v) is 10.2. The van der Waals surface area contributed by atoms with E-state index >= 15 is 0 Å². The number of pyridine rings is 1. The third kappa shape index (κ3) is 9.19. The molecule has 0 bridgehead atoms. The molecule has 352 valence electrons. The maximum absolute atomic E-state index is 12.7. The van der Waals surface area contributed by atoms with Gasteiger partial charge in [-0.15, -0.1) is 29.8 Å². The van der Waals surface area contributed by atoms with Crippen molar-refractivity contribution in [1.29, 1.82) is 0 Å². The Bertz CT molecular complexity index is 3170. The number of nitrogens with zero attached hydrogens (tertiary/aromatic N) is 3. The van der Waals surface area contributed by atoms with Crippen molar-refractivity contribution >= 4 is 11.0 Å². The molecular formula is C63H68N3OPt-. The summed E-state index contributed by atoms with van der Waals surface area (Å²) in [6.45, 7) is 29.8. The van der Waals surface area contributed by atoms with Crippen molar-refractivity contribution in [2.75, 3.05) is 0 Å². The van der Waals surface area contributed by atoms with Crippen LogP contribution in [0.5, 0.6) is 5.75 Å². The summed E-state index contributed by atoms with van der Waals surface area (Å²) in [5.74, 6) is 0.962. The molecule has 1 aliphatic rings. The summed E-state index contributed by atoms with van der Waals surface area (Å²) in [6.07, 6.45) is 5.40. The molecule has 0 amide bonds. The second-order valence-corrected chi connectivity index (χ2v) is 23.5. The van der Waals surface area contributed by atoms with Crippen molar-refractivity contribution < 1.29 is 26.2 Å². The summed E-state index contributed by atoms with van der Waals surface area (Å²) in [4.78, 5) is 10.5. The summed E-state index contributed by atoms with van der Waals surface area (Å²) in [5.41, 5.74) is 17.4. The third-order valence-electron chi connectivity index (χ3n) is 14.4. The average Bonchev–Trinajstić information content (AvgIpc) is 3.63. The van der Waals surface area contributed by atoms with Crippen molar-refractivity contribution in [2.24, 2.45) is 0 Å². The van der Waals surface area contributed by atoms with Crippen LogP contribution in [0.2, 0.25) is 0 Å². The first kappa shape index (κ1) is 48.9. The van der Waals surface area contributed by atoms with Gasteiger partial charge < -0.3 is 5.11 Å². The van der Waals surface area contributed by atoms with Gasteiger partial charge in [-0.05, 0) is 109 Å². The Hall–Kier alpha value is -5.57. The van der Waals surface area contributed by atoms with Gasteiger partial charge in [0, 0.05) is 44.1 Å². The molecule has 2 heterocycles. The number of hydrogen-bond donors (Lipinski definition) is 1. The number of hydrogen-bond acceptors (Lipinski definition) is 3. The molecule has 0 unspecified atom stereocenters. The summed E-state index contributed by atoms with van der Waals surface area (Å²) in [7, 11) is 0. The minimum Gasteiger partial charge on any atom is -0.507 e. The van der Waals surface area contributed by atoms with Gasteiger partial charge in [0.05, 0.1) is 22.3 Å². The fourth-order valence-electron chi connectivity index (χ4n) is 10.2. The van der Waals surface area contributed by atoms with E-state index in [1.54, 1.807) is 0 Å². The van der Waals surface area contributed by atoms with Crippen molar-refractivity contribution in [3.05, 3.63) is 167 Å². The van der Waals surface area contributed by atoms with E-state index in [0.717, 1.165) is 78.9 Å². The second-order valence-electron chi connectivity index (χ2n) is 23.5. The van der Waals surface area contributed by atoms with Gasteiger partial charge in [0.2, 0.25) is 0 Å². The first-order valence-electron chi connectivity index (χ1n) is 24.3. The molecule has 0 fully saturated rings. The predicted molar refractivity (Wildman–Crippen MR) is 283 cm³/mol. The van der Waals surface area contributed by atoms with Gasteiger partial charge in [-0.25, -0.2) is 4.98 Å². The molecule has 1 aliphatic carbocycles. The molecule has 0 aliphatic heterocycles. The third-order valence-corrected chi connectivity index (χ3v) is 14.4. The van der Waals surface area contributed by atoms with E-state index in [9.17, 15) is 5.11 Å². The maximum Gasteiger partial charge on any atom is 0.148 e. The number of rotatable bonds is 6. The zero-order valence-electron chi connectivity index (χ0n) is 42.4. The minimum atomic E-state index is -0.328. The van der Waals surface area contributed by atoms with Crippen LogP contribution in [0.4, 0.5) is 0 Å². The summed E-state index contributed by atoms with van der Waals surface area (Å²) >= 11 is 0. The molecule has 5 heteroatoms. The molecule has 2 aromatic heterocycles. The number of phenolic OH excluding ortho intramolecular Hbond substituents is 1. The Morgan fingerprint density at radius 2 is 1.22 bits per heavy atom. The van der Waals surface area contributed by atoms with Crippen LogP contribution in [0, 0.1) is 6.07 Å². The van der Waals surface area contributed by atoms with Gasteiger partial charge in [-0.2, -0.15) is 0 Å². The largest absolute Gasteiger partial charge is 0.507 e. The topological polar surface area (TPSA) is 50.9 Å². The molecule has 0 radical (unpaired) electrons. The molecule has 8 aromatic rings. The van der Waals surface area contributed by atoms with Crippen molar-refractivity contribution in [1.82, 2.24) is 14.5 Å². The van der Waals surface area contributed by atoms with Crippen molar-refractivity contribution in [3.8, 4) is 67.5 Å². The van der Waals surface area contributed by atoms with Gasteiger partial charge in [0.25, 0.3) is 0 Å². The van der Waals surface area contributed by atoms with E-state index < -0.39 is 0 Å². The van der Waals surface area contributed by atoms with Crippen LogP contribution in [0.15, 0.2) is 134 Å². The Morgan fingerprint density at radius 1 is 0.559 bits per heavy atom. The fraction of sp³-hybridized carbons (Fsp3) is 0.333. The van der Waals surface area contributed by atoms with Crippen molar-refractivity contribution in [3.63, 3.8) is 0 Å². The molecular weight excluding hydrogens is 1010 g/mol. The molecule has 0 atom stereocenters. The van der Waals surface area contributed by atoms with E-state index in [4.69, 9.17) is 9.97 Å². The number of imidazole rings is 1. The van der Waals surface area contributed by atoms with Gasteiger partial charge in [-0.3, -0.25) is 9.55 Å². The Morgan fingerprint density at radius 3 is 1.91 bits per heavy atom. The SMILES string of the molecule is CC(C)(C)c1ccc(-n2c(-c3cc(C(C)(C)C)cc(C(C)(C)C)c3O)nc3c(-c4[c-]c(-c5cc(-c6ccccc6)ccn5)ccc4)cccc32)c(-c2ccc3c(c2)C(C)(C)CCCC3(C)C)c1.[Pt]. The number of para-hydroxylation sites is 1. The Balaban J connectivity index is 0.00000625. The molecule has 0 saturated carbocycles. The Labute approximate surface area is 420 Å². The van der Waals surface area contributed by atoms with Crippen LogP contribution in [-0.4, -0.2) is 19.6 Å². The predicted octanol–water partition coefficient (Wildman–Crippen LogP) is 16.9. The molecule has 9 rings (SSSR count). The monoisotopic (exact) mass is 1080 g/mol. The molecule has 1 N–H and O–H groups in total. The molecule has 4 nitrogen and oxygen atoms in total. The maximum atomic E-state index is 12.7. The van der Waals surface area contributed by atoms with Crippen LogP contribution in [0.3, 0.4) is 0 Å². The van der Waals surface area contributed by atoms with Crippen LogP contribution >= 0.6 is 0 Å². The number of phenols is 1. The minimum absolute atomic E-state index is 0.